The van der Waals surface area contributed by atoms with Crippen LogP contribution in [0.2, 0.25) is 0 Å². The largest absolute Gasteiger partial charge is 0.471 e. The molecule has 1 aliphatic rings. The molecule has 1 heterocycles. The number of alkyl halides is 6. The summed E-state index contributed by atoms with van der Waals surface area (Å²) in [6, 6.07) is -1.96. The second-order valence-electron chi connectivity index (χ2n) is 4.28. The summed E-state index contributed by atoms with van der Waals surface area (Å²) < 4.78 is 78.4. The van der Waals surface area contributed by atoms with Gasteiger partial charge in [-0.1, -0.05) is 0 Å². The molecule has 6 nitrogen and oxygen atoms in total. The monoisotopic (exact) mass is 336 g/mol. The Morgan fingerprint density at radius 3 is 1.86 bits per heavy atom. The number of ether oxygens (including phenoxy) is 1. The highest BCUT2D eigenvalue weighted by Crippen LogP contribution is 2.25. The fourth-order valence-electron chi connectivity index (χ4n) is 1.89. The van der Waals surface area contributed by atoms with Crippen molar-refractivity contribution in [3.8, 4) is 0 Å². The predicted octanol–water partition coefficient (Wildman–Crippen LogP) is 0.323. The van der Waals surface area contributed by atoms with E-state index in [1.165, 1.54) is 0 Å². The molecule has 0 bridgehead atoms. The van der Waals surface area contributed by atoms with Crippen LogP contribution >= 0.6 is 0 Å². The smallest absolute Gasteiger partial charge is 0.467 e. The van der Waals surface area contributed by atoms with Gasteiger partial charge in [0, 0.05) is 13.1 Å². The molecule has 126 valence electrons. The van der Waals surface area contributed by atoms with Gasteiger partial charge in [-0.3, -0.25) is 9.59 Å². The van der Waals surface area contributed by atoms with E-state index in [2.05, 4.69) is 4.74 Å². The van der Waals surface area contributed by atoms with E-state index in [1.54, 1.807) is 0 Å². The minimum atomic E-state index is -5.30. The number of hydrogen-bond donors (Lipinski definition) is 0. The average Bonchev–Trinajstić information content (AvgIpc) is 2.42. The van der Waals surface area contributed by atoms with Gasteiger partial charge in [-0.05, 0) is 0 Å². The summed E-state index contributed by atoms with van der Waals surface area (Å²) in [4.78, 5) is 33.9. The number of amides is 2. The number of carbonyl (C=O) groups is 3. The molecule has 22 heavy (non-hydrogen) atoms. The van der Waals surface area contributed by atoms with Gasteiger partial charge >= 0.3 is 30.1 Å². The van der Waals surface area contributed by atoms with E-state index in [0.29, 0.717) is 0 Å². The zero-order valence-electron chi connectivity index (χ0n) is 11.0. The van der Waals surface area contributed by atoms with Crippen LogP contribution in [0.15, 0.2) is 0 Å². The van der Waals surface area contributed by atoms with Gasteiger partial charge in [0.15, 0.2) is 0 Å². The first-order valence-electron chi connectivity index (χ1n) is 5.71. The molecule has 12 heteroatoms. The zero-order chi connectivity index (χ0) is 17.3. The average molecular weight is 336 g/mol. The van der Waals surface area contributed by atoms with Gasteiger partial charge in [0.05, 0.1) is 13.7 Å². The minimum Gasteiger partial charge on any atom is -0.467 e. The molecule has 0 aromatic heterocycles. The molecule has 2 amide bonds. The van der Waals surface area contributed by atoms with Gasteiger partial charge in [-0.25, -0.2) is 4.79 Å². The minimum absolute atomic E-state index is 0.0476. The molecule has 0 radical (unpaired) electrons. The molecule has 1 unspecified atom stereocenters. The van der Waals surface area contributed by atoms with E-state index in [9.17, 15) is 40.7 Å². The second kappa shape index (κ2) is 6.01. The molecular formula is C10H10F6N2O4. The molecule has 1 atom stereocenters. The molecule has 1 saturated heterocycles. The molecule has 1 rings (SSSR count). The van der Waals surface area contributed by atoms with Crippen molar-refractivity contribution < 1.29 is 45.5 Å². The Morgan fingerprint density at radius 1 is 0.955 bits per heavy atom. The van der Waals surface area contributed by atoms with Gasteiger partial charge in [-0.15, -0.1) is 0 Å². The van der Waals surface area contributed by atoms with Gasteiger partial charge in [0.1, 0.15) is 6.04 Å². The van der Waals surface area contributed by atoms with Gasteiger partial charge < -0.3 is 14.5 Å². The summed E-state index contributed by atoms with van der Waals surface area (Å²) in [5, 5.41) is 0. The third kappa shape index (κ3) is 3.80. The van der Waals surface area contributed by atoms with E-state index >= 15 is 0 Å². The van der Waals surface area contributed by atoms with Crippen LogP contribution in [0.25, 0.3) is 0 Å². The Hall–Kier alpha value is -2.01. The number of methoxy groups -OCH3 is 1. The molecule has 0 spiro atoms. The van der Waals surface area contributed by atoms with E-state index in [-0.39, 0.29) is 9.80 Å². The lowest BCUT2D eigenvalue weighted by Gasteiger charge is -2.39. The number of piperazine rings is 1. The first-order valence-corrected chi connectivity index (χ1v) is 5.71. The summed E-state index contributed by atoms with van der Waals surface area (Å²) in [5.74, 6) is -6.04. The van der Waals surface area contributed by atoms with Crippen molar-refractivity contribution in [2.75, 3.05) is 26.7 Å². The summed E-state index contributed by atoms with van der Waals surface area (Å²) in [7, 11) is 0.795. The third-order valence-corrected chi connectivity index (χ3v) is 2.89. The van der Waals surface area contributed by atoms with Crippen LogP contribution in [0.4, 0.5) is 26.3 Å². The lowest BCUT2D eigenvalue weighted by Crippen LogP contribution is -2.63. The van der Waals surface area contributed by atoms with E-state index < -0.39 is 55.8 Å². The molecule has 1 fully saturated rings. The summed E-state index contributed by atoms with van der Waals surface area (Å²) in [6.45, 7) is -2.69. The summed E-state index contributed by atoms with van der Waals surface area (Å²) in [6.07, 6.45) is -10.5. The standard InChI is InChI=1S/C10H10F6N2O4/c1-22-6(19)5-4-17(7(20)9(11,12)13)2-3-18(5)8(21)10(14,15)16/h5H,2-4H2,1H3. The molecule has 0 aromatic carbocycles. The SMILES string of the molecule is COC(=O)C1CN(C(=O)C(F)(F)F)CCN1C(=O)C(F)(F)F. The maximum atomic E-state index is 12.4. The number of halogens is 6. The lowest BCUT2D eigenvalue weighted by atomic mass is 10.1. The van der Waals surface area contributed by atoms with Crippen LogP contribution < -0.4 is 0 Å². The number of rotatable bonds is 1. The van der Waals surface area contributed by atoms with E-state index in [1.807, 2.05) is 0 Å². The summed E-state index contributed by atoms with van der Waals surface area (Å²) in [5.41, 5.74) is 0. The first kappa shape index (κ1) is 18.0. The van der Waals surface area contributed by atoms with Crippen molar-refractivity contribution >= 4 is 17.8 Å². The van der Waals surface area contributed by atoms with E-state index in [4.69, 9.17) is 0 Å². The number of carbonyl (C=O) groups excluding carboxylic acids is 3. The van der Waals surface area contributed by atoms with Crippen molar-refractivity contribution in [2.45, 2.75) is 18.4 Å². The maximum absolute atomic E-state index is 12.4. The van der Waals surface area contributed by atoms with Crippen molar-refractivity contribution in [2.24, 2.45) is 0 Å². The van der Waals surface area contributed by atoms with Crippen LogP contribution in [0.1, 0.15) is 0 Å². The Bertz CT molecular complexity index is 475. The third-order valence-electron chi connectivity index (χ3n) is 2.89. The predicted molar refractivity (Wildman–Crippen MR) is 56.2 cm³/mol. The molecule has 0 N–H and O–H groups in total. The van der Waals surface area contributed by atoms with Crippen LogP contribution in [-0.4, -0.2) is 72.7 Å². The Kier molecular flexibility index (Phi) is 4.92. The Morgan fingerprint density at radius 2 is 1.45 bits per heavy atom. The molecule has 1 aliphatic heterocycles. The van der Waals surface area contributed by atoms with Gasteiger partial charge in [0.2, 0.25) is 0 Å². The van der Waals surface area contributed by atoms with Crippen molar-refractivity contribution in [1.82, 2.24) is 9.80 Å². The van der Waals surface area contributed by atoms with Crippen molar-refractivity contribution in [3.05, 3.63) is 0 Å². The highest BCUT2D eigenvalue weighted by molar-refractivity contribution is 5.89. The van der Waals surface area contributed by atoms with Crippen LogP contribution in [-0.2, 0) is 19.1 Å². The highest BCUT2D eigenvalue weighted by atomic mass is 19.4. The van der Waals surface area contributed by atoms with Crippen molar-refractivity contribution in [1.29, 1.82) is 0 Å². The Balaban J connectivity index is 3.00. The summed E-state index contributed by atoms with van der Waals surface area (Å²) >= 11 is 0. The fraction of sp³-hybridized carbons (Fsp3) is 0.700. The molecule has 0 aliphatic carbocycles. The van der Waals surface area contributed by atoms with Gasteiger partial charge in [0.25, 0.3) is 0 Å². The van der Waals surface area contributed by atoms with Crippen LogP contribution in [0, 0.1) is 0 Å². The molecule has 0 aromatic rings. The van der Waals surface area contributed by atoms with E-state index in [0.717, 1.165) is 7.11 Å². The normalized spacial score (nSPS) is 19.9. The van der Waals surface area contributed by atoms with Crippen LogP contribution in [0.5, 0.6) is 0 Å². The highest BCUT2D eigenvalue weighted by Gasteiger charge is 2.51. The first-order chi connectivity index (χ1) is 9.89. The zero-order valence-corrected chi connectivity index (χ0v) is 11.0. The Labute approximate surface area is 119 Å². The lowest BCUT2D eigenvalue weighted by molar-refractivity contribution is -0.199. The number of nitrogens with zero attached hydrogens (tertiary/aromatic N) is 2. The maximum Gasteiger partial charge on any atom is 0.471 e. The molecular weight excluding hydrogens is 326 g/mol. The topological polar surface area (TPSA) is 66.9 Å². The quantitative estimate of drug-likeness (QED) is 0.511. The van der Waals surface area contributed by atoms with Gasteiger partial charge in [-0.2, -0.15) is 26.3 Å². The molecule has 0 saturated carbocycles. The number of hydrogen-bond acceptors (Lipinski definition) is 4. The fourth-order valence-corrected chi connectivity index (χ4v) is 1.89. The van der Waals surface area contributed by atoms with Crippen LogP contribution in [0.3, 0.4) is 0 Å². The number of esters is 1. The second-order valence-corrected chi connectivity index (χ2v) is 4.28. The van der Waals surface area contributed by atoms with Crippen molar-refractivity contribution in [3.63, 3.8) is 0 Å².